The molecular formula is C12H40BP4Rh+3. The molecule has 0 unspecified atom stereocenters. The van der Waals surface area contributed by atoms with Gasteiger partial charge in [0.1, 0.15) is 0 Å². The zero-order valence-corrected chi connectivity index (χ0v) is 18.8. The van der Waals surface area contributed by atoms with E-state index in [1.807, 2.05) is 0 Å². The molecule has 6 heteroatoms. The largest absolute Gasteiger partial charge is 0.0899 e. The van der Waals surface area contributed by atoms with Crippen molar-refractivity contribution < 1.29 is 19.5 Å². The van der Waals surface area contributed by atoms with Crippen molar-refractivity contribution in [2.75, 3.05) is 78.0 Å². The molecule has 0 heterocycles. The first-order chi connectivity index (χ1) is 7.25. The van der Waals surface area contributed by atoms with Crippen LogP contribution in [0.25, 0.3) is 0 Å². The van der Waals surface area contributed by atoms with Gasteiger partial charge in [-0.15, -0.1) is 0 Å². The standard InChI is InChI=1S/2C6H16P2.BH4.Rh/c2*1-7(2)5-6-8(3)4;;/h2*5-6H2,1-4H3;1H4;/q;;-1;/p+4. The van der Waals surface area contributed by atoms with Gasteiger partial charge in [-0.25, -0.2) is 0 Å². The summed E-state index contributed by atoms with van der Waals surface area (Å²) in [5, 5.41) is 0. The Morgan fingerprint density at radius 1 is 0.444 bits per heavy atom. The minimum atomic E-state index is 0. The van der Waals surface area contributed by atoms with Crippen molar-refractivity contribution in [2.24, 2.45) is 0 Å². The van der Waals surface area contributed by atoms with E-state index >= 15 is 0 Å². The quantitative estimate of drug-likeness (QED) is 0.456. The van der Waals surface area contributed by atoms with Crippen LogP contribution in [0.5, 0.6) is 0 Å². The van der Waals surface area contributed by atoms with Gasteiger partial charge in [0.25, 0.3) is 0 Å². The summed E-state index contributed by atoms with van der Waals surface area (Å²) >= 11 is 0. The van der Waals surface area contributed by atoms with Crippen LogP contribution in [0.1, 0.15) is 0 Å². The minimum Gasteiger partial charge on any atom is -0.0626 e. The average Bonchev–Trinajstić information content (AvgIpc) is 2.12. The molecule has 0 saturated carbocycles. The molecule has 0 aromatic carbocycles. The van der Waals surface area contributed by atoms with Gasteiger partial charge in [0.15, 0.2) is 0 Å². The molecule has 1 radical (unpaired) electrons. The monoisotopic (exact) mass is 422 g/mol. The first kappa shape index (κ1) is 28.6. The van der Waals surface area contributed by atoms with Crippen molar-refractivity contribution in [1.82, 2.24) is 0 Å². The Kier molecular flexibility index (Phi) is 30.8. The second-order valence-electron chi connectivity index (χ2n) is 5.83. The fraction of sp³-hybridized carbons (Fsp3) is 1.00. The maximum absolute atomic E-state index is 2.40. The summed E-state index contributed by atoms with van der Waals surface area (Å²) in [5.41, 5.74) is 0. The zero-order chi connectivity index (χ0) is 13.1. The molecule has 18 heavy (non-hydrogen) atoms. The molecule has 0 saturated heterocycles. The summed E-state index contributed by atoms with van der Waals surface area (Å²) in [6, 6.07) is 0. The van der Waals surface area contributed by atoms with Gasteiger partial charge in [-0.2, -0.15) is 0 Å². The second kappa shape index (κ2) is 19.4. The van der Waals surface area contributed by atoms with Gasteiger partial charge in [-0.1, -0.05) is 8.41 Å². The predicted molar refractivity (Wildman–Crippen MR) is 111 cm³/mol. The van der Waals surface area contributed by atoms with Crippen LogP contribution in [0.2, 0.25) is 0 Å². The molecule has 0 N–H and O–H groups in total. The third kappa shape index (κ3) is 36.2. The Bertz CT molecular complexity index is 112. The van der Waals surface area contributed by atoms with Gasteiger partial charge in [-0.05, 0) is 31.7 Å². The third-order valence-electron chi connectivity index (χ3n) is 2.25. The van der Waals surface area contributed by atoms with Crippen LogP contribution in [0.4, 0.5) is 0 Å². The van der Waals surface area contributed by atoms with Crippen molar-refractivity contribution in [3.63, 3.8) is 0 Å². The molecule has 0 aliphatic carbocycles. The van der Waals surface area contributed by atoms with E-state index in [1.165, 1.54) is 24.6 Å². The predicted octanol–water partition coefficient (Wildman–Crippen LogP) is 2.41. The van der Waals surface area contributed by atoms with Crippen molar-refractivity contribution in [3.8, 4) is 0 Å². The van der Waals surface area contributed by atoms with Gasteiger partial charge in [0.2, 0.25) is 0 Å². The van der Waals surface area contributed by atoms with Crippen molar-refractivity contribution >= 4 is 40.1 Å². The molecule has 0 atom stereocenters. The summed E-state index contributed by atoms with van der Waals surface area (Å²) in [6.45, 7) is 19.2. The molecule has 0 aromatic rings. The molecule has 0 rings (SSSR count). The fourth-order valence-corrected chi connectivity index (χ4v) is 9.00. The van der Waals surface area contributed by atoms with E-state index in [2.05, 4.69) is 53.3 Å². The molecular weight excluding hydrogens is 382 g/mol. The van der Waals surface area contributed by atoms with E-state index in [9.17, 15) is 0 Å². The fourth-order valence-electron chi connectivity index (χ4n) is 1.000. The molecule has 0 bridgehead atoms. The van der Waals surface area contributed by atoms with Crippen LogP contribution >= 0.6 is 31.7 Å². The van der Waals surface area contributed by atoms with E-state index in [0.29, 0.717) is 0 Å². The topological polar surface area (TPSA) is 0 Å². The molecule has 0 aliphatic heterocycles. The molecule has 0 aromatic heterocycles. The number of hydrogen-bond donors (Lipinski definition) is 0. The van der Waals surface area contributed by atoms with Crippen molar-refractivity contribution in [3.05, 3.63) is 0 Å². The Morgan fingerprint density at radius 2 is 0.556 bits per heavy atom. The first-order valence-electron chi connectivity index (χ1n) is 6.41. The average molecular weight is 422 g/mol. The Labute approximate surface area is 137 Å². The summed E-state index contributed by atoms with van der Waals surface area (Å²) in [6.07, 6.45) is 6.13. The van der Waals surface area contributed by atoms with Gasteiger partial charge < -0.3 is 0 Å². The van der Waals surface area contributed by atoms with Crippen LogP contribution in [-0.2, 0) is 19.5 Å². The number of hydrogen-bond acceptors (Lipinski definition) is 0. The van der Waals surface area contributed by atoms with Gasteiger partial charge in [-0.3, -0.25) is 0 Å². The third-order valence-corrected chi connectivity index (χ3v) is 8.25. The van der Waals surface area contributed by atoms with E-state index in [4.69, 9.17) is 0 Å². The Balaban J connectivity index is -0.0000000980. The van der Waals surface area contributed by atoms with E-state index < -0.39 is 0 Å². The summed E-state index contributed by atoms with van der Waals surface area (Å²) < 4.78 is 0. The maximum Gasteiger partial charge on any atom is 0.0899 e. The smallest absolute Gasteiger partial charge is 0.0626 e. The van der Waals surface area contributed by atoms with Gasteiger partial charge in [0, 0.05) is 72.8 Å². The Morgan fingerprint density at radius 3 is 0.611 bits per heavy atom. The number of rotatable bonds is 6. The minimum absolute atomic E-state index is 0. The Hall–Kier alpha value is 2.41. The van der Waals surface area contributed by atoms with Crippen LogP contribution in [-0.4, -0.2) is 86.4 Å². The summed E-state index contributed by atoms with van der Waals surface area (Å²) in [5.74, 6) is 0. The molecule has 117 valence electrons. The summed E-state index contributed by atoms with van der Waals surface area (Å²) in [4.78, 5) is 0. The van der Waals surface area contributed by atoms with E-state index in [-0.39, 0.29) is 59.6 Å². The molecule has 0 amide bonds. The van der Waals surface area contributed by atoms with E-state index in [1.54, 1.807) is 0 Å². The van der Waals surface area contributed by atoms with Gasteiger partial charge in [0.05, 0.1) is 24.6 Å². The van der Waals surface area contributed by atoms with E-state index in [0.717, 1.165) is 0 Å². The molecule has 0 spiro atoms. The van der Waals surface area contributed by atoms with Crippen LogP contribution in [0.15, 0.2) is 0 Å². The van der Waals surface area contributed by atoms with Crippen molar-refractivity contribution in [1.29, 1.82) is 0 Å². The van der Waals surface area contributed by atoms with Crippen LogP contribution in [0, 0.1) is 0 Å². The second-order valence-corrected chi connectivity index (χ2v) is 17.5. The molecule has 0 nitrogen and oxygen atoms in total. The maximum atomic E-state index is 2.40. The first-order valence-corrected chi connectivity index (χ1v) is 17.2. The SMILES string of the molecule is C[PH+](C)CC[PH+](C)C.C[PH+](C)CC[PH+](C)C.[BH4-].[Rh]. The van der Waals surface area contributed by atoms with Crippen LogP contribution in [0.3, 0.4) is 0 Å². The van der Waals surface area contributed by atoms with Gasteiger partial charge >= 0.3 is 0 Å². The summed E-state index contributed by atoms with van der Waals surface area (Å²) in [7, 11) is 0.383. The zero-order valence-electron chi connectivity index (χ0n) is 13.2. The van der Waals surface area contributed by atoms with Crippen molar-refractivity contribution in [2.45, 2.75) is 0 Å². The molecule has 0 fully saturated rings. The van der Waals surface area contributed by atoms with Crippen LogP contribution < -0.4 is 0 Å². The molecule has 0 aliphatic rings. The normalized spacial score (nSPS) is 10.0.